The molecule has 0 aliphatic carbocycles. The van der Waals surface area contributed by atoms with E-state index in [0.29, 0.717) is 23.7 Å². The quantitative estimate of drug-likeness (QED) is 0.917. The molecule has 1 saturated heterocycles. The average molecular weight is 349 g/mol. The number of carbonyl (C=O) groups is 2. The second kappa shape index (κ2) is 7.26. The third-order valence-electron chi connectivity index (χ3n) is 4.31. The number of rotatable bonds is 4. The molecular weight excluding hydrogens is 328 g/mol. The largest absolute Gasteiger partial charge is 0.459 e. The predicted octanol–water partition coefficient (Wildman–Crippen LogP) is 3.67. The lowest BCUT2D eigenvalue weighted by atomic mass is 10.2. The smallest absolute Gasteiger partial charge is 0.240 e. The molecule has 1 fully saturated rings. The molecule has 0 radical (unpaired) electrons. The van der Waals surface area contributed by atoms with Crippen LogP contribution in [-0.4, -0.2) is 29.8 Å². The Bertz CT molecular complexity index is 756. The molecule has 1 unspecified atom stereocenters. The van der Waals surface area contributed by atoms with Gasteiger partial charge in [0.1, 0.15) is 11.3 Å². The Labute approximate surface area is 145 Å². The molecule has 3 rings (SSSR count). The third kappa shape index (κ3) is 3.90. The van der Waals surface area contributed by atoms with Crippen molar-refractivity contribution in [3.8, 4) is 0 Å². The molecule has 1 aromatic heterocycles. The molecule has 128 valence electrons. The molecule has 0 spiro atoms. The summed E-state index contributed by atoms with van der Waals surface area (Å²) >= 11 is 5.98. The van der Waals surface area contributed by atoms with E-state index >= 15 is 0 Å². The van der Waals surface area contributed by atoms with Crippen molar-refractivity contribution in [2.75, 3.05) is 13.1 Å². The number of nitrogens with zero attached hydrogens (tertiary/aromatic N) is 1. The molecule has 5 nitrogen and oxygen atoms in total. The molecule has 0 bridgehead atoms. The van der Waals surface area contributed by atoms with Crippen LogP contribution in [0.4, 0.5) is 0 Å². The first kappa shape index (κ1) is 16.8. The number of fused-ring (bicyclic) bond motifs is 1. The van der Waals surface area contributed by atoms with Gasteiger partial charge < -0.3 is 14.6 Å². The van der Waals surface area contributed by atoms with E-state index in [-0.39, 0.29) is 24.4 Å². The number of hydrogen-bond acceptors (Lipinski definition) is 3. The van der Waals surface area contributed by atoms with Crippen LogP contribution in [0.5, 0.6) is 0 Å². The Hall–Kier alpha value is -2.01. The standard InChI is InChI=1S/C18H21ClN2O3/c1-12(16-10-13-9-14(19)6-7-15(13)24-16)20-17(22)11-21-8-4-2-3-5-18(21)23/h6-7,9-10,12H,2-5,8,11H2,1H3,(H,20,22). The molecule has 2 aromatic rings. The maximum Gasteiger partial charge on any atom is 0.240 e. The molecule has 0 saturated carbocycles. The Kier molecular flexibility index (Phi) is 5.09. The lowest BCUT2D eigenvalue weighted by Gasteiger charge is -2.21. The zero-order valence-electron chi connectivity index (χ0n) is 13.7. The Morgan fingerprint density at radius 1 is 1.33 bits per heavy atom. The maximum absolute atomic E-state index is 12.3. The van der Waals surface area contributed by atoms with Gasteiger partial charge in [-0.2, -0.15) is 0 Å². The summed E-state index contributed by atoms with van der Waals surface area (Å²) in [5.74, 6) is 0.563. The van der Waals surface area contributed by atoms with Gasteiger partial charge in [0.2, 0.25) is 11.8 Å². The lowest BCUT2D eigenvalue weighted by molar-refractivity contribution is -0.135. The minimum Gasteiger partial charge on any atom is -0.459 e. The van der Waals surface area contributed by atoms with Crippen molar-refractivity contribution in [2.24, 2.45) is 0 Å². The van der Waals surface area contributed by atoms with Gasteiger partial charge in [-0.25, -0.2) is 0 Å². The molecule has 1 aromatic carbocycles. The van der Waals surface area contributed by atoms with Crippen LogP contribution in [0.25, 0.3) is 11.0 Å². The SMILES string of the molecule is CC(NC(=O)CN1CCCCCC1=O)c1cc2cc(Cl)ccc2o1. The first-order chi connectivity index (χ1) is 11.5. The van der Waals surface area contributed by atoms with Crippen LogP contribution in [0, 0.1) is 0 Å². The minimum atomic E-state index is -0.272. The first-order valence-electron chi connectivity index (χ1n) is 8.29. The van der Waals surface area contributed by atoms with E-state index in [1.165, 1.54) is 0 Å². The molecule has 1 N–H and O–H groups in total. The molecule has 1 aliphatic rings. The fourth-order valence-electron chi connectivity index (χ4n) is 2.99. The third-order valence-corrected chi connectivity index (χ3v) is 4.54. The molecule has 24 heavy (non-hydrogen) atoms. The van der Waals surface area contributed by atoms with Crippen LogP contribution in [0.1, 0.15) is 44.4 Å². The van der Waals surface area contributed by atoms with E-state index in [0.717, 1.165) is 30.2 Å². The molecule has 6 heteroatoms. The second-order valence-corrected chi connectivity index (χ2v) is 6.68. The monoisotopic (exact) mass is 348 g/mol. The predicted molar refractivity (Wildman–Crippen MR) is 92.8 cm³/mol. The van der Waals surface area contributed by atoms with Crippen LogP contribution in [0.2, 0.25) is 5.02 Å². The summed E-state index contributed by atoms with van der Waals surface area (Å²) < 4.78 is 5.76. The minimum absolute atomic E-state index is 0.0636. The van der Waals surface area contributed by atoms with Gasteiger partial charge >= 0.3 is 0 Å². The maximum atomic E-state index is 12.3. The summed E-state index contributed by atoms with van der Waals surface area (Å²) in [6.07, 6.45) is 3.45. The van der Waals surface area contributed by atoms with Gasteiger partial charge in [-0.05, 0) is 44.0 Å². The highest BCUT2D eigenvalue weighted by atomic mass is 35.5. The average Bonchev–Trinajstić information content (AvgIpc) is 2.86. The van der Waals surface area contributed by atoms with Crippen molar-refractivity contribution >= 4 is 34.4 Å². The fraction of sp³-hybridized carbons (Fsp3) is 0.444. The van der Waals surface area contributed by atoms with Crippen LogP contribution in [-0.2, 0) is 9.59 Å². The summed E-state index contributed by atoms with van der Waals surface area (Å²) in [6, 6.07) is 7.01. The lowest BCUT2D eigenvalue weighted by Crippen LogP contribution is -2.41. The molecule has 1 atom stereocenters. The van der Waals surface area contributed by atoms with Gasteiger partial charge in [0.05, 0.1) is 12.6 Å². The highest BCUT2D eigenvalue weighted by Crippen LogP contribution is 2.26. The topological polar surface area (TPSA) is 62.6 Å². The number of halogens is 1. The van der Waals surface area contributed by atoms with Crippen molar-refractivity contribution in [1.82, 2.24) is 10.2 Å². The van der Waals surface area contributed by atoms with Crippen LogP contribution < -0.4 is 5.32 Å². The Balaban J connectivity index is 1.63. The van der Waals surface area contributed by atoms with Gasteiger partial charge in [0, 0.05) is 23.4 Å². The number of carbonyl (C=O) groups excluding carboxylic acids is 2. The Morgan fingerprint density at radius 3 is 3.00 bits per heavy atom. The molecular formula is C18H21ClN2O3. The number of nitrogens with one attached hydrogen (secondary N) is 1. The van der Waals surface area contributed by atoms with Crippen LogP contribution in [0.3, 0.4) is 0 Å². The van der Waals surface area contributed by atoms with Gasteiger partial charge in [0.25, 0.3) is 0 Å². The van der Waals surface area contributed by atoms with Crippen LogP contribution in [0.15, 0.2) is 28.7 Å². The first-order valence-corrected chi connectivity index (χ1v) is 8.67. The van der Waals surface area contributed by atoms with E-state index in [9.17, 15) is 9.59 Å². The molecule has 2 heterocycles. The summed E-state index contributed by atoms with van der Waals surface area (Å²) in [6.45, 7) is 2.63. The van der Waals surface area contributed by atoms with Gasteiger partial charge in [0.15, 0.2) is 0 Å². The van der Waals surface area contributed by atoms with Gasteiger partial charge in [-0.3, -0.25) is 9.59 Å². The highest BCUT2D eigenvalue weighted by molar-refractivity contribution is 6.31. The van der Waals surface area contributed by atoms with E-state index < -0.39 is 0 Å². The van der Waals surface area contributed by atoms with Crippen molar-refractivity contribution in [3.05, 3.63) is 35.0 Å². The number of furan rings is 1. The summed E-state index contributed by atoms with van der Waals surface area (Å²) in [4.78, 5) is 25.9. The zero-order chi connectivity index (χ0) is 17.1. The molecule has 1 aliphatic heterocycles. The van der Waals surface area contributed by atoms with Crippen LogP contribution >= 0.6 is 11.6 Å². The van der Waals surface area contributed by atoms with Crippen molar-refractivity contribution in [3.63, 3.8) is 0 Å². The number of hydrogen-bond donors (Lipinski definition) is 1. The van der Waals surface area contributed by atoms with Crippen molar-refractivity contribution in [2.45, 2.75) is 38.6 Å². The van der Waals surface area contributed by atoms with E-state index in [2.05, 4.69) is 5.32 Å². The Morgan fingerprint density at radius 2 is 2.17 bits per heavy atom. The van der Waals surface area contributed by atoms with Crippen molar-refractivity contribution < 1.29 is 14.0 Å². The zero-order valence-corrected chi connectivity index (χ0v) is 14.4. The number of likely N-dealkylation sites (tertiary alicyclic amines) is 1. The summed E-state index contributed by atoms with van der Waals surface area (Å²) in [5.41, 5.74) is 0.734. The van der Waals surface area contributed by atoms with E-state index in [1.807, 2.05) is 25.1 Å². The normalized spacial score (nSPS) is 16.9. The summed E-state index contributed by atoms with van der Waals surface area (Å²) in [5, 5.41) is 4.45. The highest BCUT2D eigenvalue weighted by Gasteiger charge is 2.21. The summed E-state index contributed by atoms with van der Waals surface area (Å²) in [7, 11) is 0. The number of benzene rings is 1. The number of amides is 2. The molecule has 2 amide bonds. The second-order valence-electron chi connectivity index (χ2n) is 6.25. The fourth-order valence-corrected chi connectivity index (χ4v) is 3.17. The van der Waals surface area contributed by atoms with Crippen molar-refractivity contribution in [1.29, 1.82) is 0 Å². The van der Waals surface area contributed by atoms with Gasteiger partial charge in [-0.1, -0.05) is 18.0 Å². The van der Waals surface area contributed by atoms with Gasteiger partial charge in [-0.15, -0.1) is 0 Å². The van der Waals surface area contributed by atoms with E-state index in [4.69, 9.17) is 16.0 Å². The van der Waals surface area contributed by atoms with E-state index in [1.54, 1.807) is 11.0 Å².